The third-order valence-electron chi connectivity index (χ3n) is 2.99. The van der Waals surface area contributed by atoms with Gasteiger partial charge in [0.15, 0.2) is 5.16 Å². The number of hydrogen-bond acceptors (Lipinski definition) is 7. The van der Waals surface area contributed by atoms with E-state index in [1.165, 1.54) is 0 Å². The Kier molecular flexibility index (Phi) is 5.45. The van der Waals surface area contributed by atoms with Gasteiger partial charge in [-0.05, 0) is 5.92 Å². The van der Waals surface area contributed by atoms with Crippen LogP contribution in [0, 0.1) is 5.92 Å². The minimum atomic E-state index is 0.207. The van der Waals surface area contributed by atoms with E-state index in [1.54, 1.807) is 17.8 Å². The molecule has 1 aromatic rings. The quantitative estimate of drug-likeness (QED) is 0.621. The SMILES string of the molecule is CC(C)CN1CCOC(CSc2nc(N)cc(N)n2)C1. The third kappa shape index (κ3) is 4.81. The van der Waals surface area contributed by atoms with Gasteiger partial charge in [0.25, 0.3) is 0 Å². The number of thioether (sulfide) groups is 1. The van der Waals surface area contributed by atoms with Gasteiger partial charge >= 0.3 is 0 Å². The number of ether oxygens (including phenoxy) is 1. The normalized spacial score (nSPS) is 20.4. The Morgan fingerprint density at radius 2 is 2.10 bits per heavy atom. The first-order valence-corrected chi connectivity index (χ1v) is 7.88. The van der Waals surface area contributed by atoms with Gasteiger partial charge in [-0.15, -0.1) is 0 Å². The maximum Gasteiger partial charge on any atom is 0.191 e. The lowest BCUT2D eigenvalue weighted by Crippen LogP contribution is -2.44. The lowest BCUT2D eigenvalue weighted by Gasteiger charge is -2.33. The van der Waals surface area contributed by atoms with Gasteiger partial charge in [-0.2, -0.15) is 0 Å². The summed E-state index contributed by atoms with van der Waals surface area (Å²) in [7, 11) is 0. The largest absolute Gasteiger partial charge is 0.383 e. The topological polar surface area (TPSA) is 90.3 Å². The first kappa shape index (κ1) is 15.3. The molecule has 0 amide bonds. The standard InChI is InChI=1S/C13H23N5OS/c1-9(2)6-18-3-4-19-10(7-18)8-20-13-16-11(14)5-12(15)17-13/h5,9-10H,3-4,6-8H2,1-2H3,(H4,14,15,16,17). The fourth-order valence-electron chi connectivity index (χ4n) is 2.26. The van der Waals surface area contributed by atoms with Gasteiger partial charge in [-0.3, -0.25) is 4.90 Å². The van der Waals surface area contributed by atoms with Crippen molar-refractivity contribution in [3.8, 4) is 0 Å². The summed E-state index contributed by atoms with van der Waals surface area (Å²) in [6, 6.07) is 1.56. The van der Waals surface area contributed by atoms with Crippen molar-refractivity contribution < 1.29 is 4.74 Å². The van der Waals surface area contributed by atoms with Gasteiger partial charge in [0, 0.05) is 31.5 Å². The highest BCUT2D eigenvalue weighted by Gasteiger charge is 2.21. The molecule has 0 aromatic carbocycles. The third-order valence-corrected chi connectivity index (χ3v) is 3.97. The molecule has 0 spiro atoms. The van der Waals surface area contributed by atoms with E-state index in [4.69, 9.17) is 16.2 Å². The van der Waals surface area contributed by atoms with E-state index in [0.29, 0.717) is 22.7 Å². The van der Waals surface area contributed by atoms with Crippen LogP contribution in [-0.4, -0.2) is 53.0 Å². The highest BCUT2D eigenvalue weighted by molar-refractivity contribution is 7.99. The number of rotatable bonds is 5. The first-order valence-electron chi connectivity index (χ1n) is 6.89. The van der Waals surface area contributed by atoms with Gasteiger partial charge in [0.1, 0.15) is 11.6 Å². The van der Waals surface area contributed by atoms with E-state index in [1.807, 2.05) is 0 Å². The summed E-state index contributed by atoms with van der Waals surface area (Å²) in [4.78, 5) is 10.8. The molecule has 6 nitrogen and oxygen atoms in total. The monoisotopic (exact) mass is 297 g/mol. The fraction of sp³-hybridized carbons (Fsp3) is 0.692. The van der Waals surface area contributed by atoms with Crippen molar-refractivity contribution in [2.45, 2.75) is 25.1 Å². The second kappa shape index (κ2) is 7.10. The van der Waals surface area contributed by atoms with Gasteiger partial charge in [0.2, 0.25) is 0 Å². The first-order chi connectivity index (χ1) is 9.52. The smallest absolute Gasteiger partial charge is 0.191 e. The summed E-state index contributed by atoms with van der Waals surface area (Å²) in [5, 5.41) is 0.618. The Morgan fingerprint density at radius 1 is 1.40 bits per heavy atom. The predicted octanol–water partition coefficient (Wildman–Crippen LogP) is 1.09. The highest BCUT2D eigenvalue weighted by Crippen LogP contribution is 2.20. The zero-order chi connectivity index (χ0) is 14.5. The van der Waals surface area contributed by atoms with Crippen molar-refractivity contribution in [1.29, 1.82) is 0 Å². The molecule has 2 rings (SSSR count). The van der Waals surface area contributed by atoms with Crippen LogP contribution in [0.15, 0.2) is 11.2 Å². The Labute approximate surface area is 124 Å². The molecule has 1 saturated heterocycles. The molecule has 1 unspecified atom stereocenters. The van der Waals surface area contributed by atoms with Gasteiger partial charge in [0.05, 0.1) is 12.7 Å². The van der Waals surface area contributed by atoms with Crippen LogP contribution in [0.3, 0.4) is 0 Å². The molecule has 1 aromatic heterocycles. The molecule has 112 valence electrons. The van der Waals surface area contributed by atoms with Crippen molar-refractivity contribution in [2.75, 3.05) is 43.5 Å². The molecule has 2 heterocycles. The summed E-state index contributed by atoms with van der Waals surface area (Å²) in [5.74, 6) is 2.31. The number of nitrogen functional groups attached to an aromatic ring is 2. The van der Waals surface area contributed by atoms with Crippen LogP contribution in [0.5, 0.6) is 0 Å². The zero-order valence-corrected chi connectivity index (χ0v) is 12.9. The molecule has 1 aliphatic rings. The van der Waals surface area contributed by atoms with Crippen molar-refractivity contribution in [3.05, 3.63) is 6.07 Å². The molecule has 7 heteroatoms. The Morgan fingerprint density at radius 3 is 2.75 bits per heavy atom. The molecule has 20 heavy (non-hydrogen) atoms. The van der Waals surface area contributed by atoms with Gasteiger partial charge < -0.3 is 16.2 Å². The summed E-state index contributed by atoms with van der Waals surface area (Å²) in [5.41, 5.74) is 11.3. The average molecular weight is 297 g/mol. The molecule has 0 radical (unpaired) electrons. The number of nitrogens with two attached hydrogens (primary N) is 2. The maximum atomic E-state index is 5.79. The molecule has 0 bridgehead atoms. The van der Waals surface area contributed by atoms with Crippen molar-refractivity contribution in [3.63, 3.8) is 0 Å². The van der Waals surface area contributed by atoms with Crippen LogP contribution in [0.4, 0.5) is 11.6 Å². The van der Waals surface area contributed by atoms with Crippen LogP contribution < -0.4 is 11.5 Å². The van der Waals surface area contributed by atoms with Crippen LogP contribution >= 0.6 is 11.8 Å². The lowest BCUT2D eigenvalue weighted by molar-refractivity contribution is -0.0191. The molecule has 1 fully saturated rings. The van der Waals surface area contributed by atoms with Crippen LogP contribution in [0.2, 0.25) is 0 Å². The summed E-state index contributed by atoms with van der Waals surface area (Å²) in [6.07, 6.45) is 0.207. The lowest BCUT2D eigenvalue weighted by atomic mass is 10.2. The summed E-state index contributed by atoms with van der Waals surface area (Å²) >= 11 is 1.54. The molecule has 4 N–H and O–H groups in total. The molecule has 0 saturated carbocycles. The number of hydrogen-bond donors (Lipinski definition) is 2. The van der Waals surface area contributed by atoms with Gasteiger partial charge in [-0.1, -0.05) is 25.6 Å². The van der Waals surface area contributed by atoms with Crippen molar-refractivity contribution in [2.24, 2.45) is 5.92 Å². The van der Waals surface area contributed by atoms with Crippen molar-refractivity contribution in [1.82, 2.24) is 14.9 Å². The van der Waals surface area contributed by atoms with E-state index in [2.05, 4.69) is 28.7 Å². The van der Waals surface area contributed by atoms with Gasteiger partial charge in [-0.25, -0.2) is 9.97 Å². The fourth-order valence-corrected chi connectivity index (χ4v) is 3.13. The Hall–Kier alpha value is -1.05. The minimum Gasteiger partial charge on any atom is -0.383 e. The van der Waals surface area contributed by atoms with Crippen molar-refractivity contribution >= 4 is 23.4 Å². The van der Waals surface area contributed by atoms with Crippen LogP contribution in [0.25, 0.3) is 0 Å². The number of morpholine rings is 1. The molecule has 0 aliphatic carbocycles. The summed E-state index contributed by atoms with van der Waals surface area (Å²) in [6.45, 7) is 8.36. The summed E-state index contributed by atoms with van der Waals surface area (Å²) < 4.78 is 5.79. The maximum absolute atomic E-state index is 5.79. The molecule has 1 aliphatic heterocycles. The van der Waals surface area contributed by atoms with Crippen LogP contribution in [0.1, 0.15) is 13.8 Å². The predicted molar refractivity (Wildman–Crippen MR) is 82.6 cm³/mol. The number of anilines is 2. The highest BCUT2D eigenvalue weighted by atomic mass is 32.2. The zero-order valence-electron chi connectivity index (χ0n) is 12.1. The average Bonchev–Trinajstić information content (AvgIpc) is 2.35. The van der Waals surface area contributed by atoms with E-state index < -0.39 is 0 Å². The van der Waals surface area contributed by atoms with E-state index in [9.17, 15) is 0 Å². The van der Waals surface area contributed by atoms with E-state index in [-0.39, 0.29) is 6.10 Å². The molecule has 1 atom stereocenters. The molecular formula is C13H23N5OS. The minimum absolute atomic E-state index is 0.207. The van der Waals surface area contributed by atoms with E-state index >= 15 is 0 Å². The second-order valence-corrected chi connectivity index (χ2v) is 6.44. The molecular weight excluding hydrogens is 274 g/mol. The van der Waals surface area contributed by atoms with Crippen LogP contribution in [-0.2, 0) is 4.74 Å². The van der Waals surface area contributed by atoms with E-state index in [0.717, 1.165) is 32.0 Å². The Balaban J connectivity index is 1.84. The number of nitrogens with zero attached hydrogens (tertiary/aromatic N) is 3. The second-order valence-electron chi connectivity index (χ2n) is 5.46. The number of aromatic nitrogens is 2. The Bertz CT molecular complexity index is 423.